The molecule has 0 bridgehead atoms. The van der Waals surface area contributed by atoms with Crippen molar-refractivity contribution in [2.45, 2.75) is 33.0 Å². The molecular weight excluding hydrogens is 447 g/mol. The number of pyridine rings is 3. The predicted octanol–water partition coefficient (Wildman–Crippen LogP) is 4.67. The number of alkyl halides is 3. The molecule has 1 N–H and O–H groups in total. The summed E-state index contributed by atoms with van der Waals surface area (Å²) in [7, 11) is 0. The third-order valence-corrected chi connectivity index (χ3v) is 5.25. The molecule has 10 heteroatoms. The number of rotatable bonds is 8. The van der Waals surface area contributed by atoms with Gasteiger partial charge in [0.2, 0.25) is 6.41 Å². The van der Waals surface area contributed by atoms with Crippen molar-refractivity contribution in [3.05, 3.63) is 60.2 Å². The van der Waals surface area contributed by atoms with Crippen LogP contribution in [0.1, 0.15) is 25.1 Å². The minimum absolute atomic E-state index is 0.00629. The second-order valence-electron chi connectivity index (χ2n) is 7.98. The Bertz CT molecular complexity index is 1150. The highest BCUT2D eigenvalue weighted by Gasteiger charge is 2.32. The molecule has 3 aromatic rings. The first-order valence-corrected chi connectivity index (χ1v) is 10.5. The number of aryl methyl sites for hydroxylation is 1. The van der Waals surface area contributed by atoms with Gasteiger partial charge in [0.1, 0.15) is 5.69 Å². The Morgan fingerprint density at radius 3 is 2.47 bits per heavy atom. The van der Waals surface area contributed by atoms with E-state index in [0.29, 0.717) is 40.2 Å². The fraction of sp³-hybridized carbons (Fsp3) is 0.292. The molecule has 178 valence electrons. The Morgan fingerprint density at radius 1 is 1.18 bits per heavy atom. The number of halogens is 3. The maximum absolute atomic E-state index is 12.9. The van der Waals surface area contributed by atoms with Crippen LogP contribution in [0.3, 0.4) is 0 Å². The van der Waals surface area contributed by atoms with Crippen LogP contribution in [-0.2, 0) is 11.0 Å². The summed E-state index contributed by atoms with van der Waals surface area (Å²) in [6, 6.07) is 6.97. The second kappa shape index (κ2) is 10.5. The van der Waals surface area contributed by atoms with E-state index in [9.17, 15) is 23.1 Å². The predicted molar refractivity (Wildman–Crippen MR) is 122 cm³/mol. The molecule has 7 nitrogen and oxygen atoms in total. The zero-order chi connectivity index (χ0) is 24.9. The molecule has 3 heterocycles. The van der Waals surface area contributed by atoms with Crippen molar-refractivity contribution in [3.63, 3.8) is 0 Å². The molecule has 1 amide bonds. The molecule has 0 aliphatic carbocycles. The van der Waals surface area contributed by atoms with Gasteiger partial charge in [-0.3, -0.25) is 19.7 Å². The van der Waals surface area contributed by atoms with Crippen LogP contribution in [-0.4, -0.2) is 50.4 Å². The van der Waals surface area contributed by atoms with Gasteiger partial charge in [0, 0.05) is 29.7 Å². The quantitative estimate of drug-likeness (QED) is 0.293. The van der Waals surface area contributed by atoms with Gasteiger partial charge in [-0.25, -0.2) is 9.98 Å². The average molecular weight is 471 g/mol. The van der Waals surface area contributed by atoms with Crippen molar-refractivity contribution in [1.29, 1.82) is 0 Å². The Labute approximate surface area is 195 Å². The van der Waals surface area contributed by atoms with E-state index in [1.54, 1.807) is 37.5 Å². The number of aromatic nitrogens is 3. The molecule has 1 atom stereocenters. The Morgan fingerprint density at radius 2 is 1.94 bits per heavy atom. The molecule has 0 fully saturated rings. The molecule has 0 saturated carbocycles. The number of hydrogen-bond acceptors (Lipinski definition) is 6. The van der Waals surface area contributed by atoms with Gasteiger partial charge in [-0.1, -0.05) is 13.8 Å². The van der Waals surface area contributed by atoms with Gasteiger partial charge >= 0.3 is 6.18 Å². The zero-order valence-electron chi connectivity index (χ0n) is 18.9. The van der Waals surface area contributed by atoms with Gasteiger partial charge in [0.25, 0.3) is 0 Å². The number of aliphatic hydroxyl groups is 1. The lowest BCUT2D eigenvalue weighted by Crippen LogP contribution is -2.39. The molecule has 3 rings (SSSR count). The largest absolute Gasteiger partial charge is 0.433 e. The molecule has 0 aliphatic heterocycles. The highest BCUT2D eigenvalue weighted by atomic mass is 19.4. The third-order valence-electron chi connectivity index (χ3n) is 5.25. The number of carbonyl (C=O) groups excluding carboxylic acids is 1. The summed E-state index contributed by atoms with van der Waals surface area (Å²) in [6.45, 7) is 5.32. The lowest BCUT2D eigenvalue weighted by atomic mass is 10.0. The number of carbonyl (C=O) groups is 1. The summed E-state index contributed by atoms with van der Waals surface area (Å²) in [6.07, 6.45) is 1.73. The van der Waals surface area contributed by atoms with Crippen LogP contribution in [0.4, 0.5) is 18.9 Å². The fourth-order valence-electron chi connectivity index (χ4n) is 3.36. The molecule has 3 aromatic heterocycles. The van der Waals surface area contributed by atoms with Crippen LogP contribution in [0.2, 0.25) is 0 Å². The SMILES string of the molecule is Cc1cc(-c2ccc(C(F)(F)F)nc2)nc(-c2cccnc2)c1N=CN(C=O)C(CO)C(C)C. The van der Waals surface area contributed by atoms with Crippen LogP contribution in [0.15, 0.2) is 53.9 Å². The van der Waals surface area contributed by atoms with E-state index in [2.05, 4.69) is 19.9 Å². The first-order valence-electron chi connectivity index (χ1n) is 10.5. The van der Waals surface area contributed by atoms with Crippen LogP contribution in [0.25, 0.3) is 22.5 Å². The lowest BCUT2D eigenvalue weighted by Gasteiger charge is -2.26. The van der Waals surface area contributed by atoms with Crippen LogP contribution < -0.4 is 0 Å². The van der Waals surface area contributed by atoms with Gasteiger partial charge in [0.05, 0.1) is 36.1 Å². The van der Waals surface area contributed by atoms with Crippen LogP contribution in [0.5, 0.6) is 0 Å². The molecular formula is C24H24F3N5O2. The summed E-state index contributed by atoms with van der Waals surface area (Å²) in [5, 5.41) is 9.66. The van der Waals surface area contributed by atoms with Crippen molar-refractivity contribution >= 4 is 18.4 Å². The van der Waals surface area contributed by atoms with Gasteiger partial charge in [-0.05, 0) is 48.7 Å². The Hall–Kier alpha value is -3.66. The Kier molecular flexibility index (Phi) is 7.72. The highest BCUT2D eigenvalue weighted by molar-refractivity contribution is 5.82. The van der Waals surface area contributed by atoms with Crippen molar-refractivity contribution < 1.29 is 23.1 Å². The van der Waals surface area contributed by atoms with E-state index in [1.807, 2.05) is 13.8 Å². The lowest BCUT2D eigenvalue weighted by molar-refractivity contribution is -0.141. The maximum Gasteiger partial charge on any atom is 0.433 e. The standard InChI is InChI=1S/C24H24F3N5O2/c1-15(2)20(12-33)32(14-34)13-30-22-16(3)9-19(31-23(22)18-5-4-8-28-10-18)17-6-7-21(29-11-17)24(25,26)27/h4-11,13-15,20,33H,12H2,1-3H3. The number of hydrogen-bond donors (Lipinski definition) is 1. The number of nitrogens with zero attached hydrogens (tertiary/aromatic N) is 5. The summed E-state index contributed by atoms with van der Waals surface area (Å²) >= 11 is 0. The monoisotopic (exact) mass is 471 g/mol. The van der Waals surface area contributed by atoms with Crippen molar-refractivity contribution in [2.24, 2.45) is 10.9 Å². The molecule has 0 radical (unpaired) electrons. The van der Waals surface area contributed by atoms with Gasteiger partial charge < -0.3 is 5.11 Å². The van der Waals surface area contributed by atoms with Gasteiger partial charge in [-0.15, -0.1) is 0 Å². The number of aliphatic imine (C=N–C) groups is 1. The maximum atomic E-state index is 12.9. The summed E-state index contributed by atoms with van der Waals surface area (Å²) in [5.41, 5.74) is 2.06. The summed E-state index contributed by atoms with van der Waals surface area (Å²) < 4.78 is 38.7. The third kappa shape index (κ3) is 5.63. The first kappa shape index (κ1) is 25.0. The van der Waals surface area contributed by atoms with Gasteiger partial charge in [-0.2, -0.15) is 13.2 Å². The average Bonchev–Trinajstić information content (AvgIpc) is 2.81. The fourth-order valence-corrected chi connectivity index (χ4v) is 3.36. The molecule has 34 heavy (non-hydrogen) atoms. The van der Waals surface area contributed by atoms with Crippen LogP contribution >= 0.6 is 0 Å². The molecule has 0 spiro atoms. The topological polar surface area (TPSA) is 91.6 Å². The number of amides is 1. The number of aliphatic hydroxyl groups excluding tert-OH is 1. The van der Waals surface area contributed by atoms with Crippen molar-refractivity contribution in [1.82, 2.24) is 19.9 Å². The molecule has 0 saturated heterocycles. The first-order chi connectivity index (χ1) is 16.2. The second-order valence-corrected chi connectivity index (χ2v) is 7.98. The van der Waals surface area contributed by atoms with Crippen molar-refractivity contribution in [3.8, 4) is 22.5 Å². The summed E-state index contributed by atoms with van der Waals surface area (Å²) in [5.74, 6) is -0.00629. The molecule has 1 unspecified atom stereocenters. The molecule has 0 aliphatic rings. The smallest absolute Gasteiger partial charge is 0.394 e. The van der Waals surface area contributed by atoms with E-state index in [1.165, 1.54) is 17.3 Å². The minimum atomic E-state index is -4.53. The molecule has 0 aromatic carbocycles. The minimum Gasteiger partial charge on any atom is -0.394 e. The Balaban J connectivity index is 2.10. The highest BCUT2D eigenvalue weighted by Crippen LogP contribution is 2.35. The van der Waals surface area contributed by atoms with E-state index in [0.717, 1.165) is 12.3 Å². The zero-order valence-corrected chi connectivity index (χ0v) is 18.9. The van der Waals surface area contributed by atoms with Gasteiger partial charge in [0.15, 0.2) is 0 Å². The van der Waals surface area contributed by atoms with E-state index in [-0.39, 0.29) is 12.5 Å². The van der Waals surface area contributed by atoms with Crippen LogP contribution in [0, 0.1) is 12.8 Å². The summed E-state index contributed by atoms with van der Waals surface area (Å²) in [4.78, 5) is 29.7. The van der Waals surface area contributed by atoms with E-state index in [4.69, 9.17) is 0 Å². The van der Waals surface area contributed by atoms with E-state index >= 15 is 0 Å². The van der Waals surface area contributed by atoms with E-state index < -0.39 is 17.9 Å². The normalized spacial score (nSPS) is 12.8. The van der Waals surface area contributed by atoms with Crippen molar-refractivity contribution in [2.75, 3.05) is 6.61 Å².